The van der Waals surface area contributed by atoms with Crippen LogP contribution < -0.4 is 0 Å². The van der Waals surface area contributed by atoms with Gasteiger partial charge in [0.25, 0.3) is 0 Å². The van der Waals surface area contributed by atoms with Gasteiger partial charge in [-0.15, -0.1) is 0 Å². The van der Waals surface area contributed by atoms with Crippen molar-refractivity contribution < 1.29 is 9.21 Å². The topological polar surface area (TPSA) is 30.2 Å². The number of allylic oxidation sites excluding steroid dienone is 1. The molecular formula is C12H10O2. The molecule has 14 heavy (non-hydrogen) atoms. The van der Waals surface area contributed by atoms with Crippen molar-refractivity contribution >= 4 is 23.3 Å². The molecule has 2 rings (SSSR count). The molecule has 0 amide bonds. The van der Waals surface area contributed by atoms with Gasteiger partial charge in [-0.25, -0.2) is 0 Å². The van der Waals surface area contributed by atoms with Crippen molar-refractivity contribution in [2.45, 2.75) is 6.92 Å². The van der Waals surface area contributed by atoms with E-state index in [1.807, 2.05) is 31.2 Å². The summed E-state index contributed by atoms with van der Waals surface area (Å²) in [5, 5.41) is 1.10. The predicted molar refractivity (Wildman–Crippen MR) is 56.0 cm³/mol. The Hall–Kier alpha value is -1.83. The lowest BCUT2D eigenvalue weighted by atomic mass is 10.1. The maximum Gasteiger partial charge on any atom is 0.142 e. The highest BCUT2D eigenvalue weighted by Gasteiger charge is 2.05. The number of carbonyl (C=O) groups excluding carboxylic acids is 1. The molecule has 1 aromatic heterocycles. The van der Waals surface area contributed by atoms with Gasteiger partial charge in [0.2, 0.25) is 0 Å². The number of benzene rings is 1. The van der Waals surface area contributed by atoms with Crippen LogP contribution in [0.4, 0.5) is 0 Å². The van der Waals surface area contributed by atoms with Gasteiger partial charge in [0.05, 0.1) is 0 Å². The molecule has 0 fully saturated rings. The first kappa shape index (κ1) is 8.75. The van der Waals surface area contributed by atoms with Crippen LogP contribution in [0.15, 0.2) is 34.8 Å². The fourth-order valence-electron chi connectivity index (χ4n) is 1.48. The Morgan fingerprint density at radius 2 is 2.07 bits per heavy atom. The number of furan rings is 1. The second kappa shape index (κ2) is 3.50. The number of fused-ring (bicyclic) bond motifs is 1. The van der Waals surface area contributed by atoms with Gasteiger partial charge in [-0.1, -0.05) is 18.2 Å². The summed E-state index contributed by atoms with van der Waals surface area (Å²) >= 11 is 0. The van der Waals surface area contributed by atoms with Crippen molar-refractivity contribution in [1.29, 1.82) is 0 Å². The van der Waals surface area contributed by atoms with Crippen molar-refractivity contribution in [3.63, 3.8) is 0 Å². The van der Waals surface area contributed by atoms with Gasteiger partial charge in [0, 0.05) is 10.9 Å². The molecule has 2 heteroatoms. The maximum absolute atomic E-state index is 10.2. The largest absolute Gasteiger partial charge is 0.456 e. The molecule has 0 saturated heterocycles. The smallest absolute Gasteiger partial charge is 0.142 e. The van der Waals surface area contributed by atoms with Crippen molar-refractivity contribution in [3.8, 4) is 0 Å². The van der Waals surface area contributed by atoms with Crippen LogP contribution >= 0.6 is 0 Å². The minimum Gasteiger partial charge on any atom is -0.456 e. The number of hydrogen-bond donors (Lipinski definition) is 0. The van der Waals surface area contributed by atoms with E-state index in [0.29, 0.717) is 0 Å². The van der Waals surface area contributed by atoms with E-state index in [9.17, 15) is 4.79 Å². The molecule has 1 heterocycles. The Morgan fingerprint density at radius 1 is 1.29 bits per heavy atom. The third kappa shape index (κ3) is 1.35. The zero-order valence-electron chi connectivity index (χ0n) is 7.86. The molecule has 0 aliphatic rings. The van der Waals surface area contributed by atoms with E-state index in [1.54, 1.807) is 6.08 Å². The Labute approximate surface area is 81.8 Å². The molecular weight excluding hydrogens is 176 g/mol. The van der Waals surface area contributed by atoms with Gasteiger partial charge >= 0.3 is 0 Å². The average molecular weight is 186 g/mol. The van der Waals surface area contributed by atoms with Crippen molar-refractivity contribution in [1.82, 2.24) is 0 Å². The van der Waals surface area contributed by atoms with Crippen LogP contribution in [0.2, 0.25) is 0 Å². The molecule has 1 aromatic carbocycles. The van der Waals surface area contributed by atoms with Crippen LogP contribution in [0.5, 0.6) is 0 Å². The quantitative estimate of drug-likeness (QED) is 0.533. The van der Waals surface area contributed by atoms with Crippen LogP contribution in [0.25, 0.3) is 17.0 Å². The molecule has 2 nitrogen and oxygen atoms in total. The summed E-state index contributed by atoms with van der Waals surface area (Å²) in [5.74, 6) is 0.748. The van der Waals surface area contributed by atoms with Crippen LogP contribution in [0, 0.1) is 6.92 Å². The average Bonchev–Trinajstić information content (AvgIpc) is 2.54. The van der Waals surface area contributed by atoms with Crippen LogP contribution in [-0.4, -0.2) is 6.29 Å². The third-order valence-corrected chi connectivity index (χ3v) is 2.21. The van der Waals surface area contributed by atoms with Gasteiger partial charge in [-0.2, -0.15) is 0 Å². The summed E-state index contributed by atoms with van der Waals surface area (Å²) in [4.78, 5) is 10.2. The first-order valence-electron chi connectivity index (χ1n) is 4.43. The van der Waals surface area contributed by atoms with E-state index in [1.165, 1.54) is 6.08 Å². The zero-order valence-corrected chi connectivity index (χ0v) is 7.86. The van der Waals surface area contributed by atoms with Gasteiger partial charge in [0.1, 0.15) is 17.6 Å². The Kier molecular flexibility index (Phi) is 2.19. The summed E-state index contributed by atoms with van der Waals surface area (Å²) in [6.45, 7) is 1.98. The Bertz CT molecular complexity index is 492. The van der Waals surface area contributed by atoms with Gasteiger partial charge < -0.3 is 4.42 Å². The molecule has 0 unspecified atom stereocenters. The van der Waals surface area contributed by atoms with Crippen molar-refractivity contribution in [2.24, 2.45) is 0 Å². The highest BCUT2D eigenvalue weighted by atomic mass is 16.3. The zero-order chi connectivity index (χ0) is 9.97. The lowest BCUT2D eigenvalue weighted by molar-refractivity contribution is -0.104. The molecule has 0 radical (unpaired) electrons. The summed E-state index contributed by atoms with van der Waals surface area (Å²) in [5.41, 5.74) is 1.93. The first-order chi connectivity index (χ1) is 6.83. The number of hydrogen-bond acceptors (Lipinski definition) is 2. The summed E-state index contributed by atoms with van der Waals surface area (Å²) in [6.07, 6.45) is 3.86. The molecule has 2 aromatic rings. The number of rotatable bonds is 2. The lowest BCUT2D eigenvalue weighted by Crippen LogP contribution is -1.71. The number of aldehydes is 1. The number of aryl methyl sites for hydroxylation is 1. The Morgan fingerprint density at radius 3 is 2.79 bits per heavy atom. The molecule has 0 aliphatic carbocycles. The van der Waals surface area contributed by atoms with Crippen molar-refractivity contribution in [2.75, 3.05) is 0 Å². The van der Waals surface area contributed by atoms with E-state index >= 15 is 0 Å². The fourth-order valence-corrected chi connectivity index (χ4v) is 1.48. The highest BCUT2D eigenvalue weighted by Crippen LogP contribution is 2.25. The monoisotopic (exact) mass is 186 g/mol. The van der Waals surface area contributed by atoms with Crippen molar-refractivity contribution in [3.05, 3.63) is 41.7 Å². The minimum absolute atomic E-state index is 0.743. The van der Waals surface area contributed by atoms with Gasteiger partial charge in [-0.3, -0.25) is 4.79 Å². The number of carbonyl (C=O) groups is 1. The standard InChI is InChI=1S/C12H10O2/c1-9-10-5-2-3-6-12(10)14-11(9)7-4-8-13/h2-8H,1H3/b7-4+. The first-order valence-corrected chi connectivity index (χ1v) is 4.43. The summed E-state index contributed by atoms with van der Waals surface area (Å²) < 4.78 is 5.56. The van der Waals surface area contributed by atoms with E-state index in [-0.39, 0.29) is 0 Å². The molecule has 0 N–H and O–H groups in total. The van der Waals surface area contributed by atoms with Crippen LogP contribution in [0.1, 0.15) is 11.3 Å². The minimum atomic E-state index is 0.743. The van der Waals surface area contributed by atoms with E-state index in [4.69, 9.17) is 4.42 Å². The maximum atomic E-state index is 10.2. The Balaban J connectivity index is 2.62. The molecule has 0 saturated carbocycles. The van der Waals surface area contributed by atoms with E-state index < -0.39 is 0 Å². The second-order valence-electron chi connectivity index (χ2n) is 3.08. The van der Waals surface area contributed by atoms with Gasteiger partial charge in [0.15, 0.2) is 0 Å². The van der Waals surface area contributed by atoms with Gasteiger partial charge in [-0.05, 0) is 25.1 Å². The predicted octanol–water partition coefficient (Wildman–Crippen LogP) is 2.95. The fraction of sp³-hybridized carbons (Fsp3) is 0.0833. The van der Waals surface area contributed by atoms with E-state index in [2.05, 4.69) is 0 Å². The van der Waals surface area contributed by atoms with E-state index in [0.717, 1.165) is 28.6 Å². The second-order valence-corrected chi connectivity index (χ2v) is 3.08. The number of para-hydroxylation sites is 1. The third-order valence-electron chi connectivity index (χ3n) is 2.21. The lowest BCUT2D eigenvalue weighted by Gasteiger charge is -1.86. The molecule has 0 aliphatic heterocycles. The normalized spacial score (nSPS) is 11.2. The summed E-state index contributed by atoms with van der Waals surface area (Å²) in [6, 6.07) is 7.82. The summed E-state index contributed by atoms with van der Waals surface area (Å²) in [7, 11) is 0. The van der Waals surface area contributed by atoms with Crippen LogP contribution in [0.3, 0.4) is 0 Å². The molecule has 0 bridgehead atoms. The molecule has 0 spiro atoms. The highest BCUT2D eigenvalue weighted by molar-refractivity contribution is 5.85. The molecule has 70 valence electrons. The van der Waals surface area contributed by atoms with Crippen LogP contribution in [-0.2, 0) is 4.79 Å². The molecule has 0 atom stereocenters. The SMILES string of the molecule is Cc1c(/C=C/C=O)oc2ccccc12.